The molecule has 0 radical (unpaired) electrons. The SMILES string of the molecule is COc1cccc(C(=O)N(CCc2ccccn2)Cc2ccccc2)c1. The molecule has 0 bridgehead atoms. The summed E-state index contributed by atoms with van der Waals surface area (Å²) in [7, 11) is 1.60. The number of aromatic nitrogens is 1. The first-order valence-electron chi connectivity index (χ1n) is 8.63. The van der Waals surface area contributed by atoms with Crippen molar-refractivity contribution in [3.05, 3.63) is 95.8 Å². The van der Waals surface area contributed by atoms with Crippen LogP contribution in [0, 0.1) is 0 Å². The molecule has 132 valence electrons. The summed E-state index contributed by atoms with van der Waals surface area (Å²) < 4.78 is 5.25. The third kappa shape index (κ3) is 4.70. The third-order valence-electron chi connectivity index (χ3n) is 4.18. The Morgan fingerprint density at radius 2 is 1.81 bits per heavy atom. The normalized spacial score (nSPS) is 10.3. The van der Waals surface area contributed by atoms with Crippen LogP contribution < -0.4 is 4.74 Å². The van der Waals surface area contributed by atoms with Crippen LogP contribution in [-0.4, -0.2) is 29.4 Å². The molecule has 0 unspecified atom stereocenters. The number of hydrogen-bond donors (Lipinski definition) is 0. The van der Waals surface area contributed by atoms with E-state index in [0.29, 0.717) is 30.8 Å². The highest BCUT2D eigenvalue weighted by molar-refractivity contribution is 5.94. The van der Waals surface area contributed by atoms with Gasteiger partial charge in [-0.2, -0.15) is 0 Å². The Balaban J connectivity index is 1.80. The van der Waals surface area contributed by atoms with Gasteiger partial charge in [0.05, 0.1) is 7.11 Å². The molecule has 0 fully saturated rings. The lowest BCUT2D eigenvalue weighted by molar-refractivity contribution is 0.0744. The quantitative estimate of drug-likeness (QED) is 0.650. The van der Waals surface area contributed by atoms with Crippen molar-refractivity contribution in [1.29, 1.82) is 0 Å². The maximum absolute atomic E-state index is 13.1. The lowest BCUT2D eigenvalue weighted by atomic mass is 10.1. The van der Waals surface area contributed by atoms with Crippen molar-refractivity contribution in [1.82, 2.24) is 9.88 Å². The average molecular weight is 346 g/mol. The molecule has 3 aromatic rings. The minimum Gasteiger partial charge on any atom is -0.497 e. The number of pyridine rings is 1. The van der Waals surface area contributed by atoms with Gasteiger partial charge in [-0.3, -0.25) is 9.78 Å². The van der Waals surface area contributed by atoms with Crippen molar-refractivity contribution in [3.8, 4) is 5.75 Å². The van der Waals surface area contributed by atoms with Gasteiger partial charge in [-0.25, -0.2) is 0 Å². The Morgan fingerprint density at radius 3 is 2.54 bits per heavy atom. The van der Waals surface area contributed by atoms with Crippen LogP contribution in [0.4, 0.5) is 0 Å². The zero-order valence-electron chi connectivity index (χ0n) is 14.8. The van der Waals surface area contributed by atoms with Crippen molar-refractivity contribution >= 4 is 5.91 Å². The number of rotatable bonds is 7. The summed E-state index contributed by atoms with van der Waals surface area (Å²) in [6, 6.07) is 23.1. The molecule has 26 heavy (non-hydrogen) atoms. The number of benzene rings is 2. The van der Waals surface area contributed by atoms with Gasteiger partial charge in [-0.15, -0.1) is 0 Å². The summed E-state index contributed by atoms with van der Waals surface area (Å²) >= 11 is 0. The van der Waals surface area contributed by atoms with Gasteiger partial charge in [0, 0.05) is 37.0 Å². The van der Waals surface area contributed by atoms with E-state index < -0.39 is 0 Å². The number of amides is 1. The minimum absolute atomic E-state index is 0.0105. The fourth-order valence-corrected chi connectivity index (χ4v) is 2.79. The smallest absolute Gasteiger partial charge is 0.254 e. The lowest BCUT2D eigenvalue weighted by Gasteiger charge is -2.23. The largest absolute Gasteiger partial charge is 0.497 e. The van der Waals surface area contributed by atoms with Gasteiger partial charge in [0.2, 0.25) is 0 Å². The molecule has 4 nitrogen and oxygen atoms in total. The molecule has 1 amide bonds. The molecule has 0 spiro atoms. The summed E-state index contributed by atoms with van der Waals surface area (Å²) in [6.07, 6.45) is 2.49. The van der Waals surface area contributed by atoms with Crippen LogP contribution in [0.3, 0.4) is 0 Å². The molecule has 0 aliphatic carbocycles. The molecule has 4 heteroatoms. The first-order valence-corrected chi connectivity index (χ1v) is 8.63. The molecule has 1 aromatic heterocycles. The van der Waals surface area contributed by atoms with Gasteiger partial charge in [0.25, 0.3) is 5.91 Å². The van der Waals surface area contributed by atoms with E-state index >= 15 is 0 Å². The van der Waals surface area contributed by atoms with Crippen LogP contribution in [0.15, 0.2) is 79.0 Å². The Morgan fingerprint density at radius 1 is 1.00 bits per heavy atom. The van der Waals surface area contributed by atoms with E-state index in [-0.39, 0.29) is 5.91 Å². The fraction of sp³-hybridized carbons (Fsp3) is 0.182. The molecule has 0 atom stereocenters. The van der Waals surface area contributed by atoms with E-state index in [4.69, 9.17) is 4.74 Å². The summed E-state index contributed by atoms with van der Waals surface area (Å²) in [5, 5.41) is 0. The van der Waals surface area contributed by atoms with Gasteiger partial charge >= 0.3 is 0 Å². The summed E-state index contributed by atoms with van der Waals surface area (Å²) in [5.74, 6) is 0.670. The van der Waals surface area contributed by atoms with Gasteiger partial charge in [-0.1, -0.05) is 42.5 Å². The number of hydrogen-bond acceptors (Lipinski definition) is 3. The molecular weight excluding hydrogens is 324 g/mol. The van der Waals surface area contributed by atoms with Crippen LogP contribution in [0.2, 0.25) is 0 Å². The van der Waals surface area contributed by atoms with Crippen LogP contribution in [-0.2, 0) is 13.0 Å². The zero-order valence-corrected chi connectivity index (χ0v) is 14.8. The van der Waals surface area contributed by atoms with Crippen LogP contribution >= 0.6 is 0 Å². The number of carbonyl (C=O) groups excluding carboxylic acids is 1. The van der Waals surface area contributed by atoms with Crippen molar-refractivity contribution < 1.29 is 9.53 Å². The standard InChI is InChI=1S/C22H22N2O2/c1-26-21-12-7-10-19(16-21)22(25)24(17-18-8-3-2-4-9-18)15-13-20-11-5-6-14-23-20/h2-12,14,16H,13,15,17H2,1H3. The van der Waals surface area contributed by atoms with Crippen LogP contribution in [0.25, 0.3) is 0 Å². The zero-order chi connectivity index (χ0) is 18.2. The Kier molecular flexibility index (Phi) is 5.99. The molecule has 2 aromatic carbocycles. The Labute approximate surface area is 154 Å². The van der Waals surface area contributed by atoms with E-state index in [2.05, 4.69) is 4.98 Å². The van der Waals surface area contributed by atoms with Gasteiger partial charge < -0.3 is 9.64 Å². The molecule has 0 saturated heterocycles. The predicted octanol–water partition coefficient (Wildman–Crippen LogP) is 3.98. The van der Waals surface area contributed by atoms with E-state index in [9.17, 15) is 4.79 Å². The molecule has 0 aliphatic heterocycles. The molecule has 0 N–H and O–H groups in total. The maximum atomic E-state index is 13.1. The Hall–Kier alpha value is -3.14. The van der Waals surface area contributed by atoms with E-state index in [1.165, 1.54) is 0 Å². The van der Waals surface area contributed by atoms with Crippen molar-refractivity contribution in [2.24, 2.45) is 0 Å². The van der Waals surface area contributed by atoms with E-state index in [1.807, 2.05) is 71.6 Å². The van der Waals surface area contributed by atoms with Crippen molar-refractivity contribution in [3.63, 3.8) is 0 Å². The van der Waals surface area contributed by atoms with E-state index in [0.717, 1.165) is 11.3 Å². The van der Waals surface area contributed by atoms with Crippen molar-refractivity contribution in [2.45, 2.75) is 13.0 Å². The van der Waals surface area contributed by atoms with Crippen LogP contribution in [0.5, 0.6) is 5.75 Å². The van der Waals surface area contributed by atoms with Gasteiger partial charge in [0.15, 0.2) is 0 Å². The number of methoxy groups -OCH3 is 1. The molecule has 0 aliphatic rings. The highest BCUT2D eigenvalue weighted by Crippen LogP contribution is 2.16. The first-order chi connectivity index (χ1) is 12.8. The van der Waals surface area contributed by atoms with Crippen molar-refractivity contribution in [2.75, 3.05) is 13.7 Å². The highest BCUT2D eigenvalue weighted by atomic mass is 16.5. The highest BCUT2D eigenvalue weighted by Gasteiger charge is 2.17. The predicted molar refractivity (Wildman–Crippen MR) is 102 cm³/mol. The number of nitrogens with zero attached hydrogens (tertiary/aromatic N) is 2. The fourth-order valence-electron chi connectivity index (χ4n) is 2.79. The second-order valence-electron chi connectivity index (χ2n) is 6.02. The first kappa shape index (κ1) is 17.7. The summed E-state index contributed by atoms with van der Waals surface area (Å²) in [5.41, 5.74) is 2.70. The summed E-state index contributed by atoms with van der Waals surface area (Å²) in [4.78, 5) is 19.3. The molecule has 0 saturated carbocycles. The Bertz CT molecular complexity index is 835. The van der Waals surface area contributed by atoms with Crippen LogP contribution in [0.1, 0.15) is 21.6 Å². The number of ether oxygens (including phenoxy) is 1. The van der Waals surface area contributed by atoms with Gasteiger partial charge in [-0.05, 0) is 35.9 Å². The maximum Gasteiger partial charge on any atom is 0.254 e. The third-order valence-corrected chi connectivity index (χ3v) is 4.18. The molecule has 1 heterocycles. The van der Waals surface area contributed by atoms with E-state index in [1.54, 1.807) is 19.4 Å². The second-order valence-corrected chi connectivity index (χ2v) is 6.02. The monoisotopic (exact) mass is 346 g/mol. The minimum atomic E-state index is -0.0105. The molecular formula is C22H22N2O2. The average Bonchev–Trinajstić information content (AvgIpc) is 2.72. The molecule has 3 rings (SSSR count). The summed E-state index contributed by atoms with van der Waals surface area (Å²) in [6.45, 7) is 1.16. The number of carbonyl (C=O) groups is 1. The topological polar surface area (TPSA) is 42.4 Å². The second kappa shape index (κ2) is 8.81. The lowest BCUT2D eigenvalue weighted by Crippen LogP contribution is -2.32. The van der Waals surface area contributed by atoms with Gasteiger partial charge in [0.1, 0.15) is 5.75 Å².